The van der Waals surface area contributed by atoms with Crippen LogP contribution in [-0.4, -0.2) is 56.2 Å². The zero-order valence-electron chi connectivity index (χ0n) is 17.7. The van der Waals surface area contributed by atoms with Gasteiger partial charge in [0.25, 0.3) is 0 Å². The molecule has 10 nitrogen and oxygen atoms in total. The zero-order chi connectivity index (χ0) is 21.6. The first kappa shape index (κ1) is 21.1. The Morgan fingerprint density at radius 3 is 2.97 bits per heavy atom. The molecule has 0 aliphatic carbocycles. The van der Waals surface area contributed by atoms with E-state index < -0.39 is 0 Å². The normalized spacial score (nSPS) is 19.4. The van der Waals surface area contributed by atoms with Crippen LogP contribution < -0.4 is 5.32 Å². The lowest BCUT2D eigenvalue weighted by Gasteiger charge is -2.21. The molecule has 0 bridgehead atoms. The number of hydrogen-bond acceptors (Lipinski definition) is 7. The van der Waals surface area contributed by atoms with Crippen LogP contribution in [-0.2, 0) is 20.8 Å². The van der Waals surface area contributed by atoms with E-state index in [0.29, 0.717) is 32.0 Å². The van der Waals surface area contributed by atoms with E-state index >= 15 is 0 Å². The van der Waals surface area contributed by atoms with Crippen LogP contribution in [0.2, 0.25) is 0 Å². The molecule has 4 rings (SSSR count). The zero-order valence-corrected chi connectivity index (χ0v) is 17.7. The fourth-order valence-electron chi connectivity index (χ4n) is 3.88. The first-order chi connectivity index (χ1) is 15.2. The predicted molar refractivity (Wildman–Crippen MR) is 111 cm³/mol. The van der Waals surface area contributed by atoms with Crippen molar-refractivity contribution < 1.29 is 14.3 Å². The van der Waals surface area contributed by atoms with E-state index in [0.717, 1.165) is 17.8 Å². The number of methoxy groups -OCH3 is 1. The summed E-state index contributed by atoms with van der Waals surface area (Å²) in [6, 6.07) is 11.2. The van der Waals surface area contributed by atoms with Crippen molar-refractivity contribution in [2.24, 2.45) is 5.92 Å². The summed E-state index contributed by atoms with van der Waals surface area (Å²) < 4.78 is 14.6. The molecule has 164 valence electrons. The molecule has 1 aliphatic rings. The Bertz CT molecular complexity index is 988. The van der Waals surface area contributed by atoms with Crippen molar-refractivity contribution in [2.45, 2.75) is 38.5 Å². The standard InChI is InChI=1S/C21H27N7O3/c1-15(20-24-25-26-28(20)16-7-4-3-5-8-16)23-21(29)17-10-14-31-19(17)18-9-11-22-27(18)12-6-13-30-2/h3-5,7-9,11,15,17,19H,6,10,12-14H2,1-2H3,(H,23,29)/t15-,17-,19-/m0/s1. The fourth-order valence-corrected chi connectivity index (χ4v) is 3.88. The van der Waals surface area contributed by atoms with Gasteiger partial charge in [-0.25, -0.2) is 0 Å². The minimum absolute atomic E-state index is 0.0812. The summed E-state index contributed by atoms with van der Waals surface area (Å²) in [6.07, 6.45) is 2.90. The quantitative estimate of drug-likeness (QED) is 0.521. The summed E-state index contributed by atoms with van der Waals surface area (Å²) in [4.78, 5) is 13.2. The minimum Gasteiger partial charge on any atom is -0.385 e. The van der Waals surface area contributed by atoms with Crippen LogP contribution in [0.5, 0.6) is 0 Å². The van der Waals surface area contributed by atoms with Gasteiger partial charge in [0, 0.05) is 33.1 Å². The van der Waals surface area contributed by atoms with Gasteiger partial charge in [0.15, 0.2) is 5.82 Å². The Balaban J connectivity index is 1.46. The molecule has 10 heteroatoms. The Morgan fingerprint density at radius 2 is 2.16 bits per heavy atom. The lowest BCUT2D eigenvalue weighted by Crippen LogP contribution is -2.35. The van der Waals surface area contributed by atoms with Crippen molar-refractivity contribution in [3.63, 3.8) is 0 Å². The number of aryl methyl sites for hydroxylation is 1. The number of hydrogen-bond donors (Lipinski definition) is 1. The maximum atomic E-state index is 13.2. The van der Waals surface area contributed by atoms with Crippen LogP contribution in [0.1, 0.15) is 43.4 Å². The number of benzene rings is 1. The van der Waals surface area contributed by atoms with Gasteiger partial charge in [-0.1, -0.05) is 18.2 Å². The molecule has 1 fully saturated rings. The summed E-state index contributed by atoms with van der Waals surface area (Å²) in [6.45, 7) is 3.78. The van der Waals surface area contributed by atoms with Crippen molar-refractivity contribution in [3.05, 3.63) is 54.1 Å². The van der Waals surface area contributed by atoms with Crippen molar-refractivity contribution >= 4 is 5.91 Å². The lowest BCUT2D eigenvalue weighted by molar-refractivity contribution is -0.127. The summed E-state index contributed by atoms with van der Waals surface area (Å²) >= 11 is 0. The Morgan fingerprint density at radius 1 is 1.32 bits per heavy atom. The highest BCUT2D eigenvalue weighted by Crippen LogP contribution is 2.35. The third-order valence-electron chi connectivity index (χ3n) is 5.43. The molecule has 0 unspecified atom stereocenters. The highest BCUT2D eigenvalue weighted by atomic mass is 16.5. The first-order valence-corrected chi connectivity index (χ1v) is 10.5. The highest BCUT2D eigenvalue weighted by molar-refractivity contribution is 5.80. The summed E-state index contributed by atoms with van der Waals surface area (Å²) in [5.74, 6) is 0.184. The van der Waals surface area contributed by atoms with E-state index in [1.54, 1.807) is 18.0 Å². The van der Waals surface area contributed by atoms with Gasteiger partial charge in [-0.2, -0.15) is 9.78 Å². The van der Waals surface area contributed by atoms with Gasteiger partial charge in [-0.15, -0.1) is 5.10 Å². The second-order valence-corrected chi connectivity index (χ2v) is 7.53. The number of tetrazole rings is 1. The maximum absolute atomic E-state index is 13.2. The molecule has 2 aromatic heterocycles. The van der Waals surface area contributed by atoms with Crippen molar-refractivity contribution in [1.82, 2.24) is 35.3 Å². The van der Waals surface area contributed by atoms with Crippen LogP contribution in [0.25, 0.3) is 5.69 Å². The van der Waals surface area contributed by atoms with E-state index in [1.807, 2.05) is 48.0 Å². The van der Waals surface area contributed by atoms with E-state index in [4.69, 9.17) is 9.47 Å². The number of carbonyl (C=O) groups is 1. The summed E-state index contributed by atoms with van der Waals surface area (Å²) in [5, 5.41) is 19.5. The summed E-state index contributed by atoms with van der Waals surface area (Å²) in [5.41, 5.74) is 1.75. The number of nitrogens with zero attached hydrogens (tertiary/aromatic N) is 6. The largest absolute Gasteiger partial charge is 0.385 e. The second kappa shape index (κ2) is 9.80. The molecule has 1 N–H and O–H groups in total. The van der Waals surface area contributed by atoms with Gasteiger partial charge >= 0.3 is 0 Å². The number of rotatable bonds is 9. The van der Waals surface area contributed by atoms with E-state index in [9.17, 15) is 4.79 Å². The van der Waals surface area contributed by atoms with Crippen LogP contribution in [0.3, 0.4) is 0 Å². The van der Waals surface area contributed by atoms with Crippen molar-refractivity contribution in [2.75, 3.05) is 20.3 Å². The smallest absolute Gasteiger partial charge is 0.226 e. The number of amides is 1. The van der Waals surface area contributed by atoms with Crippen molar-refractivity contribution in [3.8, 4) is 5.69 Å². The number of nitrogens with one attached hydrogen (secondary N) is 1. The van der Waals surface area contributed by atoms with E-state index in [2.05, 4.69) is 25.9 Å². The molecule has 0 saturated carbocycles. The third kappa shape index (κ3) is 4.64. The van der Waals surface area contributed by atoms with Gasteiger partial charge in [-0.05, 0) is 48.4 Å². The average molecular weight is 425 g/mol. The molecule has 0 spiro atoms. The Labute approximate surface area is 180 Å². The van der Waals surface area contributed by atoms with Gasteiger partial charge in [-0.3, -0.25) is 9.48 Å². The summed E-state index contributed by atoms with van der Waals surface area (Å²) in [7, 11) is 1.68. The predicted octanol–water partition coefficient (Wildman–Crippen LogP) is 1.85. The lowest BCUT2D eigenvalue weighted by atomic mass is 9.97. The number of ether oxygens (including phenoxy) is 2. The topological polar surface area (TPSA) is 109 Å². The van der Waals surface area contributed by atoms with Gasteiger partial charge < -0.3 is 14.8 Å². The molecular weight excluding hydrogens is 398 g/mol. The van der Waals surface area contributed by atoms with Crippen molar-refractivity contribution in [1.29, 1.82) is 0 Å². The fraction of sp³-hybridized carbons (Fsp3) is 0.476. The highest BCUT2D eigenvalue weighted by Gasteiger charge is 2.38. The van der Waals surface area contributed by atoms with Crippen LogP contribution in [0.4, 0.5) is 0 Å². The minimum atomic E-state index is -0.365. The molecule has 31 heavy (non-hydrogen) atoms. The molecule has 3 aromatic rings. The molecule has 3 heterocycles. The number of para-hydroxylation sites is 1. The monoisotopic (exact) mass is 425 g/mol. The first-order valence-electron chi connectivity index (χ1n) is 10.5. The number of carbonyl (C=O) groups excluding carboxylic acids is 1. The number of aromatic nitrogens is 6. The van der Waals surface area contributed by atoms with Gasteiger partial charge in [0.2, 0.25) is 5.91 Å². The molecule has 3 atom stereocenters. The van der Waals surface area contributed by atoms with Gasteiger partial charge in [0.1, 0.15) is 6.10 Å². The maximum Gasteiger partial charge on any atom is 0.226 e. The van der Waals surface area contributed by atoms with Gasteiger partial charge in [0.05, 0.1) is 23.3 Å². The SMILES string of the molecule is COCCCn1nccc1[C@H]1OCC[C@@H]1C(=O)N[C@@H](C)c1nnnn1-c1ccccc1. The molecule has 0 radical (unpaired) electrons. The molecular formula is C21H27N7O3. The van der Waals surface area contributed by atoms with E-state index in [1.165, 1.54) is 0 Å². The molecule has 1 amide bonds. The molecule has 1 saturated heterocycles. The van der Waals surface area contributed by atoms with Crippen LogP contribution in [0, 0.1) is 5.92 Å². The van der Waals surface area contributed by atoms with Crippen LogP contribution in [0.15, 0.2) is 42.6 Å². The van der Waals surface area contributed by atoms with E-state index in [-0.39, 0.29) is 24.0 Å². The molecule has 1 aromatic carbocycles. The Hall–Kier alpha value is -3.11. The molecule has 1 aliphatic heterocycles. The Kier molecular flexibility index (Phi) is 6.68. The second-order valence-electron chi connectivity index (χ2n) is 7.53. The third-order valence-corrected chi connectivity index (χ3v) is 5.43. The average Bonchev–Trinajstić information content (AvgIpc) is 3.54. The van der Waals surface area contributed by atoms with Crippen LogP contribution >= 0.6 is 0 Å².